The van der Waals surface area contributed by atoms with E-state index in [0.29, 0.717) is 5.41 Å². The van der Waals surface area contributed by atoms with Gasteiger partial charge in [0.15, 0.2) is 0 Å². The number of carbonyl (C=O) groups excluding carboxylic acids is 1. The molecule has 0 bridgehead atoms. The van der Waals surface area contributed by atoms with Gasteiger partial charge in [-0.1, -0.05) is 0 Å². The van der Waals surface area contributed by atoms with Gasteiger partial charge in [-0.15, -0.1) is 0 Å². The zero-order valence-corrected chi connectivity index (χ0v) is 9.01. The van der Waals surface area contributed by atoms with Gasteiger partial charge in [0.2, 0.25) is 0 Å². The van der Waals surface area contributed by atoms with Crippen molar-refractivity contribution in [3.05, 3.63) is 0 Å². The average Bonchev–Trinajstić information content (AvgIpc) is 2.67. The van der Waals surface area contributed by atoms with Crippen LogP contribution in [0.4, 0.5) is 4.79 Å². The van der Waals surface area contributed by atoms with E-state index >= 15 is 0 Å². The topological polar surface area (TPSA) is 38.3 Å². The maximum absolute atomic E-state index is 11.3. The summed E-state index contributed by atoms with van der Waals surface area (Å²) in [6.45, 7) is 3.89. The molecule has 80 valence electrons. The minimum absolute atomic E-state index is 0.166. The molecular formula is C11H19NO2. The van der Waals surface area contributed by atoms with E-state index in [1.165, 1.54) is 19.3 Å². The molecule has 0 heterocycles. The minimum Gasteiger partial charge on any atom is -0.446 e. The van der Waals surface area contributed by atoms with E-state index in [2.05, 4.69) is 5.32 Å². The Hall–Kier alpha value is -0.730. The molecule has 0 aromatic carbocycles. The number of hydrogen-bond donors (Lipinski definition) is 1. The van der Waals surface area contributed by atoms with Crippen LogP contribution in [0.25, 0.3) is 0 Å². The van der Waals surface area contributed by atoms with Crippen molar-refractivity contribution in [1.82, 2.24) is 5.32 Å². The highest BCUT2D eigenvalue weighted by Crippen LogP contribution is 2.58. The fourth-order valence-corrected chi connectivity index (χ4v) is 2.31. The molecule has 2 aliphatic rings. The quantitative estimate of drug-likeness (QED) is 0.738. The summed E-state index contributed by atoms with van der Waals surface area (Å²) >= 11 is 0. The van der Waals surface area contributed by atoms with Gasteiger partial charge < -0.3 is 10.1 Å². The molecule has 0 saturated heterocycles. The largest absolute Gasteiger partial charge is 0.446 e. The van der Waals surface area contributed by atoms with Gasteiger partial charge in [-0.3, -0.25) is 0 Å². The van der Waals surface area contributed by atoms with Crippen LogP contribution in [0.3, 0.4) is 0 Å². The van der Waals surface area contributed by atoms with Crippen LogP contribution in [0.5, 0.6) is 0 Å². The molecule has 0 aliphatic heterocycles. The first-order valence-corrected chi connectivity index (χ1v) is 5.57. The third-order valence-corrected chi connectivity index (χ3v) is 3.29. The fraction of sp³-hybridized carbons (Fsp3) is 0.909. The van der Waals surface area contributed by atoms with Crippen molar-refractivity contribution in [3.63, 3.8) is 0 Å². The Morgan fingerprint density at radius 2 is 2.14 bits per heavy atom. The summed E-state index contributed by atoms with van der Waals surface area (Å²) in [5, 5.41) is 2.76. The highest BCUT2D eigenvalue weighted by Gasteiger charge is 2.49. The molecule has 1 amide bonds. The SMILES string of the molecule is CC(C)NC(=O)OC1CCC2(CC2)C1. The van der Waals surface area contributed by atoms with E-state index in [0.717, 1.165) is 12.8 Å². The standard InChI is InChI=1S/C11H19NO2/c1-8(2)12-10(13)14-9-3-4-11(7-9)5-6-11/h8-9H,3-7H2,1-2H3,(H,12,13). The smallest absolute Gasteiger partial charge is 0.407 e. The number of amides is 1. The van der Waals surface area contributed by atoms with Gasteiger partial charge >= 0.3 is 6.09 Å². The van der Waals surface area contributed by atoms with E-state index in [4.69, 9.17) is 4.74 Å². The number of carbonyl (C=O) groups is 1. The van der Waals surface area contributed by atoms with Gasteiger partial charge in [0.1, 0.15) is 6.10 Å². The highest BCUT2D eigenvalue weighted by atomic mass is 16.6. The molecule has 1 atom stereocenters. The third kappa shape index (κ3) is 2.20. The molecule has 0 radical (unpaired) electrons. The molecule has 1 spiro atoms. The van der Waals surface area contributed by atoms with Crippen LogP contribution < -0.4 is 5.32 Å². The molecule has 1 unspecified atom stereocenters. The molecule has 2 aliphatic carbocycles. The maximum Gasteiger partial charge on any atom is 0.407 e. The van der Waals surface area contributed by atoms with Gasteiger partial charge in [0.05, 0.1) is 0 Å². The van der Waals surface area contributed by atoms with Gasteiger partial charge in [0.25, 0.3) is 0 Å². The lowest BCUT2D eigenvalue weighted by molar-refractivity contribution is 0.0961. The van der Waals surface area contributed by atoms with Gasteiger partial charge in [0, 0.05) is 6.04 Å². The second-order valence-corrected chi connectivity index (χ2v) is 5.07. The molecule has 2 fully saturated rings. The van der Waals surface area contributed by atoms with Crippen LogP contribution in [0.1, 0.15) is 46.0 Å². The molecule has 2 saturated carbocycles. The molecule has 0 aromatic heterocycles. The van der Waals surface area contributed by atoms with Gasteiger partial charge in [-0.25, -0.2) is 4.79 Å². The first kappa shape index (κ1) is 9.81. The summed E-state index contributed by atoms with van der Waals surface area (Å²) in [6, 6.07) is 0.166. The summed E-state index contributed by atoms with van der Waals surface area (Å²) in [7, 11) is 0. The predicted molar refractivity (Wildman–Crippen MR) is 54.1 cm³/mol. The monoisotopic (exact) mass is 197 g/mol. The van der Waals surface area contributed by atoms with Crippen LogP contribution >= 0.6 is 0 Å². The number of alkyl carbamates (subject to hydrolysis) is 1. The van der Waals surface area contributed by atoms with E-state index in [9.17, 15) is 4.79 Å². The van der Waals surface area contributed by atoms with E-state index in [1.54, 1.807) is 0 Å². The van der Waals surface area contributed by atoms with Crippen LogP contribution in [0, 0.1) is 5.41 Å². The highest BCUT2D eigenvalue weighted by molar-refractivity contribution is 5.67. The summed E-state index contributed by atoms with van der Waals surface area (Å²) < 4.78 is 5.35. The molecule has 3 nitrogen and oxygen atoms in total. The molecular weight excluding hydrogens is 178 g/mol. The van der Waals surface area contributed by atoms with Crippen molar-refractivity contribution >= 4 is 6.09 Å². The lowest BCUT2D eigenvalue weighted by Crippen LogP contribution is -2.33. The lowest BCUT2D eigenvalue weighted by Gasteiger charge is -2.14. The Morgan fingerprint density at radius 3 is 2.64 bits per heavy atom. The Bertz CT molecular complexity index is 233. The molecule has 2 rings (SSSR count). The van der Waals surface area contributed by atoms with Crippen LogP contribution in [-0.2, 0) is 4.74 Å². The van der Waals surface area contributed by atoms with E-state index in [-0.39, 0.29) is 18.2 Å². The fourth-order valence-electron chi connectivity index (χ4n) is 2.31. The normalized spacial score (nSPS) is 28.1. The zero-order valence-electron chi connectivity index (χ0n) is 9.01. The lowest BCUT2D eigenvalue weighted by atomic mass is 10.1. The van der Waals surface area contributed by atoms with Gasteiger partial charge in [-0.05, 0) is 51.4 Å². The Balaban J connectivity index is 1.73. The number of ether oxygens (including phenoxy) is 1. The first-order chi connectivity index (χ1) is 6.60. The summed E-state index contributed by atoms with van der Waals surface area (Å²) in [4.78, 5) is 11.3. The van der Waals surface area contributed by atoms with Crippen LogP contribution in [0.15, 0.2) is 0 Å². The average molecular weight is 197 g/mol. The van der Waals surface area contributed by atoms with Crippen molar-refractivity contribution in [2.24, 2.45) is 5.41 Å². The summed E-state index contributed by atoms with van der Waals surface area (Å²) in [5.74, 6) is 0. The number of nitrogens with one attached hydrogen (secondary N) is 1. The van der Waals surface area contributed by atoms with Crippen molar-refractivity contribution < 1.29 is 9.53 Å². The van der Waals surface area contributed by atoms with Crippen LogP contribution in [0.2, 0.25) is 0 Å². The summed E-state index contributed by atoms with van der Waals surface area (Å²) in [5.41, 5.74) is 0.586. The molecule has 1 N–H and O–H groups in total. The second-order valence-electron chi connectivity index (χ2n) is 5.07. The van der Waals surface area contributed by atoms with Crippen LogP contribution in [-0.4, -0.2) is 18.2 Å². The first-order valence-electron chi connectivity index (χ1n) is 5.57. The third-order valence-electron chi connectivity index (χ3n) is 3.29. The maximum atomic E-state index is 11.3. The van der Waals surface area contributed by atoms with Gasteiger partial charge in [-0.2, -0.15) is 0 Å². The molecule has 0 aromatic rings. The van der Waals surface area contributed by atoms with E-state index in [1.807, 2.05) is 13.8 Å². The Morgan fingerprint density at radius 1 is 1.43 bits per heavy atom. The van der Waals surface area contributed by atoms with Crippen molar-refractivity contribution in [1.29, 1.82) is 0 Å². The van der Waals surface area contributed by atoms with Crippen molar-refractivity contribution in [2.75, 3.05) is 0 Å². The Kier molecular flexibility index (Phi) is 2.41. The van der Waals surface area contributed by atoms with Crippen molar-refractivity contribution in [2.45, 2.75) is 58.1 Å². The predicted octanol–water partition coefficient (Wildman–Crippen LogP) is 2.45. The Labute approximate surface area is 85.2 Å². The minimum atomic E-state index is -0.248. The zero-order chi connectivity index (χ0) is 10.2. The van der Waals surface area contributed by atoms with Crippen molar-refractivity contribution in [3.8, 4) is 0 Å². The number of hydrogen-bond acceptors (Lipinski definition) is 2. The second kappa shape index (κ2) is 3.44. The molecule has 3 heteroatoms. The summed E-state index contributed by atoms with van der Waals surface area (Å²) in [6.07, 6.45) is 6.03. The number of rotatable bonds is 2. The van der Waals surface area contributed by atoms with E-state index < -0.39 is 0 Å². The molecule has 14 heavy (non-hydrogen) atoms.